The van der Waals surface area contributed by atoms with Crippen LogP contribution in [0.5, 0.6) is 0 Å². The molecular weight excluding hydrogens is 294 g/mol. The van der Waals surface area contributed by atoms with Crippen LogP contribution >= 0.6 is 0 Å². The highest BCUT2D eigenvalue weighted by Gasteiger charge is 2.36. The fraction of sp³-hybridized carbons (Fsp3) is 0.444. The summed E-state index contributed by atoms with van der Waals surface area (Å²) in [6.45, 7) is 4.89. The van der Waals surface area contributed by atoms with E-state index in [2.05, 4.69) is 6.08 Å². The molecule has 1 fully saturated rings. The largest absolute Gasteiger partial charge is 0.493 e. The topological polar surface area (TPSA) is 66.8 Å². The molecule has 122 valence electrons. The molecular formula is C18H21NO4. The minimum atomic E-state index is -0.909. The van der Waals surface area contributed by atoms with Gasteiger partial charge in [0.2, 0.25) is 5.91 Å². The van der Waals surface area contributed by atoms with E-state index < -0.39 is 11.9 Å². The van der Waals surface area contributed by atoms with Gasteiger partial charge in [-0.05, 0) is 56.0 Å². The van der Waals surface area contributed by atoms with E-state index in [9.17, 15) is 9.59 Å². The summed E-state index contributed by atoms with van der Waals surface area (Å²) in [5.41, 5.74) is 3.78. The second kappa shape index (κ2) is 6.07. The number of aryl methyl sites for hydroxylation is 2. The number of allylic oxidation sites excluding steroid dienone is 1. The lowest BCUT2D eigenvalue weighted by Crippen LogP contribution is -2.27. The lowest BCUT2D eigenvalue weighted by Gasteiger charge is -2.23. The predicted molar refractivity (Wildman–Crippen MR) is 87.2 cm³/mol. The summed E-state index contributed by atoms with van der Waals surface area (Å²) in [5, 5.41) is 9.15. The second-order valence-electron chi connectivity index (χ2n) is 6.26. The summed E-state index contributed by atoms with van der Waals surface area (Å²) in [7, 11) is 0. The molecule has 0 saturated carbocycles. The first-order valence-electron chi connectivity index (χ1n) is 7.95. The predicted octanol–water partition coefficient (Wildman–Crippen LogP) is 2.89. The molecule has 1 atom stereocenters. The van der Waals surface area contributed by atoms with Crippen molar-refractivity contribution in [3.63, 3.8) is 0 Å². The lowest BCUT2D eigenvalue weighted by molar-refractivity contribution is -0.141. The fourth-order valence-corrected chi connectivity index (χ4v) is 3.37. The molecule has 1 unspecified atom stereocenters. The Balaban J connectivity index is 1.93. The van der Waals surface area contributed by atoms with Crippen molar-refractivity contribution < 1.29 is 19.4 Å². The van der Waals surface area contributed by atoms with Crippen LogP contribution in [-0.4, -0.2) is 30.1 Å². The number of aliphatic carboxylic acids is 1. The molecule has 5 nitrogen and oxygen atoms in total. The third kappa shape index (κ3) is 2.96. The summed E-state index contributed by atoms with van der Waals surface area (Å²) < 4.78 is 5.71. The smallest absolute Gasteiger partial charge is 0.308 e. The Kier molecular flexibility index (Phi) is 4.11. The number of carbonyl (C=O) groups is 2. The van der Waals surface area contributed by atoms with Crippen molar-refractivity contribution in [3.05, 3.63) is 34.9 Å². The maximum Gasteiger partial charge on any atom is 0.308 e. The van der Waals surface area contributed by atoms with E-state index in [0.717, 1.165) is 47.6 Å². The van der Waals surface area contributed by atoms with Crippen molar-refractivity contribution in [2.24, 2.45) is 5.92 Å². The molecule has 0 radical (unpaired) electrons. The van der Waals surface area contributed by atoms with Crippen LogP contribution in [0.2, 0.25) is 0 Å². The van der Waals surface area contributed by atoms with Gasteiger partial charge in [0, 0.05) is 24.2 Å². The van der Waals surface area contributed by atoms with Gasteiger partial charge >= 0.3 is 5.97 Å². The zero-order chi connectivity index (χ0) is 16.6. The second-order valence-corrected chi connectivity index (χ2v) is 6.26. The Labute approximate surface area is 135 Å². The quantitative estimate of drug-likeness (QED) is 0.931. The summed E-state index contributed by atoms with van der Waals surface area (Å²) in [6.07, 6.45) is 4.22. The summed E-state index contributed by atoms with van der Waals surface area (Å²) >= 11 is 0. The normalized spacial score (nSPS) is 21.1. The van der Waals surface area contributed by atoms with Crippen LogP contribution in [0, 0.1) is 19.8 Å². The number of carboxylic acids is 1. The van der Waals surface area contributed by atoms with E-state index in [1.54, 1.807) is 4.90 Å². The molecule has 1 saturated heterocycles. The minimum absolute atomic E-state index is 0.0736. The first-order chi connectivity index (χ1) is 11.0. The molecule has 2 aliphatic rings. The van der Waals surface area contributed by atoms with Gasteiger partial charge in [0.05, 0.1) is 12.5 Å². The Morgan fingerprint density at radius 2 is 2.00 bits per heavy atom. The maximum atomic E-state index is 12.2. The number of amides is 1. The van der Waals surface area contributed by atoms with Crippen molar-refractivity contribution in [2.75, 3.05) is 18.1 Å². The number of rotatable bonds is 3. The van der Waals surface area contributed by atoms with E-state index in [1.807, 2.05) is 26.0 Å². The van der Waals surface area contributed by atoms with Crippen molar-refractivity contribution in [1.29, 1.82) is 0 Å². The van der Waals surface area contributed by atoms with Crippen LogP contribution in [0.3, 0.4) is 0 Å². The SMILES string of the molecule is Cc1cc(C2=CCCCO2)cc(C)c1N1CC(C(=O)O)CC1=O. The molecule has 2 heterocycles. The fourth-order valence-electron chi connectivity index (χ4n) is 3.37. The van der Waals surface area contributed by atoms with Crippen LogP contribution < -0.4 is 4.90 Å². The molecule has 0 bridgehead atoms. The number of nitrogens with zero attached hydrogens (tertiary/aromatic N) is 1. The lowest BCUT2D eigenvalue weighted by atomic mass is 10.0. The minimum Gasteiger partial charge on any atom is -0.493 e. The first-order valence-corrected chi connectivity index (χ1v) is 7.95. The Hall–Kier alpha value is -2.30. The molecule has 1 amide bonds. The number of benzene rings is 1. The highest BCUT2D eigenvalue weighted by molar-refractivity contribution is 6.00. The first kappa shape index (κ1) is 15.6. The van der Waals surface area contributed by atoms with Gasteiger partial charge in [-0.2, -0.15) is 0 Å². The van der Waals surface area contributed by atoms with Gasteiger partial charge in [0.15, 0.2) is 0 Å². The molecule has 5 heteroatoms. The molecule has 3 rings (SSSR count). The number of ether oxygens (including phenoxy) is 1. The third-order valence-electron chi connectivity index (χ3n) is 4.46. The van der Waals surface area contributed by atoms with E-state index in [4.69, 9.17) is 9.84 Å². The van der Waals surface area contributed by atoms with Gasteiger partial charge in [-0.15, -0.1) is 0 Å². The van der Waals surface area contributed by atoms with Crippen LogP contribution in [0.25, 0.3) is 5.76 Å². The molecule has 1 aromatic rings. The standard InChI is InChI=1S/C18H21NO4/c1-11-7-13(15-5-3-4-6-23-15)8-12(2)17(11)19-10-14(18(21)22)9-16(19)20/h5,7-8,14H,3-4,6,9-10H2,1-2H3,(H,21,22). The maximum absolute atomic E-state index is 12.2. The van der Waals surface area contributed by atoms with Crippen LogP contribution in [0.4, 0.5) is 5.69 Å². The molecule has 0 spiro atoms. The monoisotopic (exact) mass is 315 g/mol. The van der Waals surface area contributed by atoms with E-state index in [1.165, 1.54) is 0 Å². The van der Waals surface area contributed by atoms with Gasteiger partial charge in [-0.25, -0.2) is 0 Å². The van der Waals surface area contributed by atoms with Gasteiger partial charge in [0.25, 0.3) is 0 Å². The van der Waals surface area contributed by atoms with Crippen molar-refractivity contribution in [2.45, 2.75) is 33.1 Å². The van der Waals surface area contributed by atoms with Crippen LogP contribution in [0.15, 0.2) is 18.2 Å². The summed E-state index contributed by atoms with van der Waals surface area (Å²) in [5.74, 6) is -0.756. The average molecular weight is 315 g/mol. The van der Waals surface area contributed by atoms with Crippen molar-refractivity contribution >= 4 is 23.3 Å². The molecule has 1 aromatic carbocycles. The van der Waals surface area contributed by atoms with E-state index in [0.29, 0.717) is 0 Å². The Morgan fingerprint density at radius 1 is 1.30 bits per heavy atom. The number of anilines is 1. The highest BCUT2D eigenvalue weighted by atomic mass is 16.5. The molecule has 0 aliphatic carbocycles. The number of carboxylic acid groups (broad SMARTS) is 1. The zero-order valence-electron chi connectivity index (χ0n) is 13.5. The third-order valence-corrected chi connectivity index (χ3v) is 4.46. The summed E-state index contributed by atoms with van der Waals surface area (Å²) in [6, 6.07) is 4.03. The van der Waals surface area contributed by atoms with Gasteiger partial charge in [-0.3, -0.25) is 9.59 Å². The summed E-state index contributed by atoms with van der Waals surface area (Å²) in [4.78, 5) is 25.0. The van der Waals surface area contributed by atoms with Crippen LogP contribution in [-0.2, 0) is 14.3 Å². The number of hydrogen-bond acceptors (Lipinski definition) is 3. The molecule has 0 aromatic heterocycles. The van der Waals surface area contributed by atoms with Crippen molar-refractivity contribution in [3.8, 4) is 0 Å². The van der Waals surface area contributed by atoms with Crippen LogP contribution in [0.1, 0.15) is 36.0 Å². The average Bonchev–Trinajstić information content (AvgIpc) is 2.90. The van der Waals surface area contributed by atoms with Gasteiger partial charge in [0.1, 0.15) is 5.76 Å². The highest BCUT2D eigenvalue weighted by Crippen LogP contribution is 2.34. The zero-order valence-corrected chi connectivity index (χ0v) is 13.5. The Bertz CT molecular complexity index is 669. The molecule has 23 heavy (non-hydrogen) atoms. The van der Waals surface area contributed by atoms with E-state index in [-0.39, 0.29) is 18.9 Å². The van der Waals surface area contributed by atoms with Crippen molar-refractivity contribution in [1.82, 2.24) is 0 Å². The number of carbonyl (C=O) groups excluding carboxylic acids is 1. The van der Waals surface area contributed by atoms with E-state index >= 15 is 0 Å². The van der Waals surface area contributed by atoms with Gasteiger partial charge in [-0.1, -0.05) is 0 Å². The Morgan fingerprint density at radius 3 is 2.52 bits per heavy atom. The molecule has 2 aliphatic heterocycles. The number of hydrogen-bond donors (Lipinski definition) is 1. The molecule has 1 N–H and O–H groups in total. The van der Waals surface area contributed by atoms with Gasteiger partial charge < -0.3 is 14.7 Å².